The third kappa shape index (κ3) is 4.42. The molecule has 2 aromatic carbocycles. The molecule has 1 aliphatic heterocycles. The molecule has 8 heteroatoms. The maximum atomic E-state index is 12.8. The molecule has 0 saturated carbocycles. The van der Waals surface area contributed by atoms with Gasteiger partial charge in [0, 0.05) is 36.0 Å². The number of unbranched alkanes of at least 4 members (excludes halogenated alkanes) is 1. The molecule has 3 aromatic rings. The molecule has 4 rings (SSSR count). The Hall–Kier alpha value is -3.29. The van der Waals surface area contributed by atoms with Gasteiger partial charge in [0.2, 0.25) is 0 Å². The summed E-state index contributed by atoms with van der Waals surface area (Å²) < 4.78 is 44.3. The first kappa shape index (κ1) is 21.0. The third-order valence-electron chi connectivity index (χ3n) is 5.34. The summed E-state index contributed by atoms with van der Waals surface area (Å²) in [6.45, 7) is 3.60. The van der Waals surface area contributed by atoms with Crippen LogP contribution in [0.5, 0.6) is 5.75 Å². The number of carbonyl (C=O) groups excluding carboxylic acids is 1. The summed E-state index contributed by atoms with van der Waals surface area (Å²) in [5, 5.41) is 6.91. The molecule has 1 aliphatic rings. The fraction of sp³-hybridized carbons (Fsp3) is 0.304. The van der Waals surface area contributed by atoms with Crippen LogP contribution in [0.2, 0.25) is 0 Å². The molecule has 0 spiro atoms. The van der Waals surface area contributed by atoms with Crippen LogP contribution in [0.3, 0.4) is 0 Å². The van der Waals surface area contributed by atoms with E-state index in [9.17, 15) is 18.0 Å². The lowest BCUT2D eigenvalue weighted by molar-refractivity contribution is -0.137. The Labute approximate surface area is 177 Å². The monoisotopic (exact) mass is 429 g/mol. The number of amides is 1. The number of hydrogen-bond acceptors (Lipinski definition) is 3. The van der Waals surface area contributed by atoms with Crippen molar-refractivity contribution in [1.82, 2.24) is 15.1 Å². The number of aromatic amines is 1. The minimum Gasteiger partial charge on any atom is -0.489 e. The Morgan fingerprint density at radius 1 is 1.16 bits per heavy atom. The fourth-order valence-corrected chi connectivity index (χ4v) is 3.63. The number of hydrogen-bond donors (Lipinski definition) is 1. The number of H-pyrrole nitrogens is 1. The Balaban J connectivity index is 1.45. The lowest BCUT2D eigenvalue weighted by atomic mass is 10.1. The number of ether oxygens (including phenoxy) is 1. The van der Waals surface area contributed by atoms with Crippen LogP contribution in [-0.4, -0.2) is 27.5 Å². The second-order valence-corrected chi connectivity index (χ2v) is 7.52. The minimum absolute atomic E-state index is 0.0504. The van der Waals surface area contributed by atoms with Crippen LogP contribution in [0.4, 0.5) is 13.2 Å². The lowest BCUT2D eigenvalue weighted by Gasteiger charge is -2.14. The highest BCUT2D eigenvalue weighted by Gasteiger charge is 2.30. The summed E-state index contributed by atoms with van der Waals surface area (Å²) in [5.41, 5.74) is 2.77. The molecule has 1 N–H and O–H groups in total. The number of carbonyl (C=O) groups is 1. The quantitative estimate of drug-likeness (QED) is 0.545. The zero-order valence-electron chi connectivity index (χ0n) is 17.0. The van der Waals surface area contributed by atoms with Gasteiger partial charge >= 0.3 is 6.18 Å². The Bertz CT molecular complexity index is 1070. The molecule has 162 valence electrons. The van der Waals surface area contributed by atoms with Crippen LogP contribution in [0, 0.1) is 0 Å². The highest BCUT2D eigenvalue weighted by atomic mass is 19.4. The summed E-state index contributed by atoms with van der Waals surface area (Å²) in [6.07, 6.45) is -0.718. The first-order valence-electron chi connectivity index (χ1n) is 10.1. The summed E-state index contributed by atoms with van der Waals surface area (Å²) >= 11 is 0. The van der Waals surface area contributed by atoms with E-state index in [1.54, 1.807) is 18.3 Å². The highest BCUT2D eigenvalue weighted by Crippen LogP contribution is 2.32. The zero-order valence-corrected chi connectivity index (χ0v) is 17.0. The van der Waals surface area contributed by atoms with E-state index >= 15 is 0 Å². The van der Waals surface area contributed by atoms with Gasteiger partial charge in [-0.2, -0.15) is 18.3 Å². The molecule has 0 fully saturated rings. The van der Waals surface area contributed by atoms with Crippen LogP contribution in [0.1, 0.15) is 46.8 Å². The smallest absolute Gasteiger partial charge is 0.416 e. The van der Waals surface area contributed by atoms with Gasteiger partial charge in [0.15, 0.2) is 0 Å². The molecule has 1 aromatic heterocycles. The van der Waals surface area contributed by atoms with Crippen molar-refractivity contribution in [3.63, 3.8) is 0 Å². The maximum absolute atomic E-state index is 12.8. The molecule has 0 bridgehead atoms. The maximum Gasteiger partial charge on any atom is 0.416 e. The number of aromatic nitrogens is 2. The van der Waals surface area contributed by atoms with Crippen molar-refractivity contribution in [2.45, 2.75) is 39.1 Å². The summed E-state index contributed by atoms with van der Waals surface area (Å²) in [7, 11) is 0. The SMILES string of the molecule is CCCCN1Cc2cc(OCc3c[nH]nc3-c3ccc(C(F)(F)F)cc3)ccc2C1=O. The summed E-state index contributed by atoms with van der Waals surface area (Å²) in [4.78, 5) is 14.3. The predicted molar refractivity (Wildman–Crippen MR) is 109 cm³/mol. The predicted octanol–water partition coefficient (Wildman–Crippen LogP) is 5.43. The molecule has 0 atom stereocenters. The van der Waals surface area contributed by atoms with Crippen molar-refractivity contribution in [2.24, 2.45) is 0 Å². The number of rotatable bonds is 7. The van der Waals surface area contributed by atoms with Gasteiger partial charge < -0.3 is 9.64 Å². The van der Waals surface area contributed by atoms with Gasteiger partial charge in [0.25, 0.3) is 5.91 Å². The van der Waals surface area contributed by atoms with Crippen LogP contribution in [0.25, 0.3) is 11.3 Å². The average Bonchev–Trinajstić information content (AvgIpc) is 3.34. The first-order valence-corrected chi connectivity index (χ1v) is 10.1. The van der Waals surface area contributed by atoms with Gasteiger partial charge in [-0.05, 0) is 42.3 Å². The molecule has 0 radical (unpaired) electrons. The van der Waals surface area contributed by atoms with E-state index in [1.165, 1.54) is 12.1 Å². The van der Waals surface area contributed by atoms with Crippen LogP contribution < -0.4 is 4.74 Å². The molecule has 0 saturated heterocycles. The Kier molecular flexibility index (Phi) is 5.71. The first-order chi connectivity index (χ1) is 14.9. The number of halogens is 3. The molecular weight excluding hydrogens is 407 g/mol. The van der Waals surface area contributed by atoms with Crippen molar-refractivity contribution in [2.75, 3.05) is 6.54 Å². The third-order valence-corrected chi connectivity index (χ3v) is 5.34. The van der Waals surface area contributed by atoms with Crippen LogP contribution >= 0.6 is 0 Å². The van der Waals surface area contributed by atoms with Crippen molar-refractivity contribution in [1.29, 1.82) is 0 Å². The topological polar surface area (TPSA) is 58.2 Å². The molecular formula is C23H22F3N3O2. The van der Waals surface area contributed by atoms with Crippen molar-refractivity contribution < 1.29 is 22.7 Å². The van der Waals surface area contributed by atoms with Gasteiger partial charge in [-0.25, -0.2) is 0 Å². The standard InChI is InChI=1S/C23H22F3N3O2/c1-2-3-10-29-13-16-11-19(8-9-20(16)22(29)30)31-14-17-12-27-28-21(17)15-4-6-18(7-5-15)23(24,25)26/h4-9,11-12H,2-3,10,13-14H2,1H3,(H,27,28). The van der Waals surface area contributed by atoms with E-state index in [4.69, 9.17) is 4.74 Å². The average molecular weight is 429 g/mol. The van der Waals surface area contributed by atoms with Gasteiger partial charge in [-0.3, -0.25) is 9.89 Å². The van der Waals surface area contributed by atoms with Gasteiger partial charge in [0.05, 0.1) is 11.3 Å². The van der Waals surface area contributed by atoms with Crippen LogP contribution in [-0.2, 0) is 19.3 Å². The Morgan fingerprint density at radius 2 is 1.94 bits per heavy atom. The molecule has 2 heterocycles. The largest absolute Gasteiger partial charge is 0.489 e. The second kappa shape index (κ2) is 8.45. The van der Waals surface area contributed by atoms with Crippen molar-refractivity contribution in [3.8, 4) is 17.0 Å². The number of nitrogens with zero attached hydrogens (tertiary/aromatic N) is 2. The van der Waals surface area contributed by atoms with Gasteiger partial charge in [0.1, 0.15) is 12.4 Å². The fourth-order valence-electron chi connectivity index (χ4n) is 3.63. The summed E-state index contributed by atoms with van der Waals surface area (Å²) in [5.74, 6) is 0.679. The molecule has 31 heavy (non-hydrogen) atoms. The van der Waals surface area contributed by atoms with Gasteiger partial charge in [-0.15, -0.1) is 0 Å². The normalized spacial score (nSPS) is 13.5. The molecule has 5 nitrogen and oxygen atoms in total. The molecule has 1 amide bonds. The van der Waals surface area contributed by atoms with Crippen molar-refractivity contribution in [3.05, 3.63) is 70.9 Å². The minimum atomic E-state index is -4.38. The van der Waals surface area contributed by atoms with E-state index in [2.05, 4.69) is 17.1 Å². The van der Waals surface area contributed by atoms with Crippen LogP contribution in [0.15, 0.2) is 48.7 Å². The second-order valence-electron chi connectivity index (χ2n) is 7.52. The summed E-state index contributed by atoms with van der Waals surface area (Å²) in [6, 6.07) is 10.3. The van der Waals surface area contributed by atoms with E-state index in [-0.39, 0.29) is 12.5 Å². The highest BCUT2D eigenvalue weighted by molar-refractivity contribution is 5.98. The number of benzene rings is 2. The van der Waals surface area contributed by atoms with E-state index in [0.717, 1.165) is 42.6 Å². The van der Waals surface area contributed by atoms with Gasteiger partial charge in [-0.1, -0.05) is 25.5 Å². The van der Waals surface area contributed by atoms with Crippen molar-refractivity contribution >= 4 is 5.91 Å². The number of fused-ring (bicyclic) bond motifs is 1. The van der Waals surface area contributed by atoms with E-state index < -0.39 is 11.7 Å². The molecule has 0 aliphatic carbocycles. The lowest BCUT2D eigenvalue weighted by Crippen LogP contribution is -2.24. The van der Waals surface area contributed by atoms with E-state index in [1.807, 2.05) is 11.0 Å². The molecule has 0 unspecified atom stereocenters. The van der Waals surface area contributed by atoms with E-state index in [0.29, 0.717) is 29.1 Å². The zero-order chi connectivity index (χ0) is 22.0. The number of alkyl halides is 3. The number of nitrogens with one attached hydrogen (secondary N) is 1. The Morgan fingerprint density at radius 3 is 2.65 bits per heavy atom.